The molecule has 0 saturated heterocycles. The maximum atomic E-state index is 12.0. The minimum absolute atomic E-state index is 0.0117. The number of fused-ring (bicyclic) bond motifs is 1. The van der Waals surface area contributed by atoms with Crippen molar-refractivity contribution >= 4 is 40.2 Å². The summed E-state index contributed by atoms with van der Waals surface area (Å²) in [6.07, 6.45) is 0. The van der Waals surface area contributed by atoms with E-state index in [1.54, 1.807) is 11.8 Å². The molecular weight excluding hydrogens is 416 g/mol. The largest absolute Gasteiger partial charge is 0.484 e. The van der Waals surface area contributed by atoms with E-state index in [1.165, 1.54) is 10.3 Å². The second-order valence-corrected chi connectivity index (χ2v) is 8.22. The van der Waals surface area contributed by atoms with Crippen molar-refractivity contribution in [3.05, 3.63) is 83.9 Å². The van der Waals surface area contributed by atoms with Gasteiger partial charge in [0.05, 0.1) is 5.69 Å². The fraction of sp³-hybridized carbons (Fsp3) is 0.125. The van der Waals surface area contributed by atoms with E-state index in [-0.39, 0.29) is 12.5 Å². The molecule has 0 aliphatic heterocycles. The zero-order valence-corrected chi connectivity index (χ0v) is 17.8. The van der Waals surface area contributed by atoms with E-state index in [0.717, 1.165) is 22.5 Å². The average Bonchev–Trinajstić information content (AvgIpc) is 3.15. The molecule has 6 heteroatoms. The van der Waals surface area contributed by atoms with E-state index in [9.17, 15) is 4.79 Å². The third-order valence-corrected chi connectivity index (χ3v) is 5.95. The van der Waals surface area contributed by atoms with Crippen LogP contribution < -0.4 is 10.1 Å². The number of carbonyl (C=O) groups excluding carboxylic acids is 1. The van der Waals surface area contributed by atoms with E-state index < -0.39 is 0 Å². The first-order valence-corrected chi connectivity index (χ1v) is 11.0. The fourth-order valence-corrected chi connectivity index (χ4v) is 4.33. The zero-order chi connectivity index (χ0) is 20.8. The van der Waals surface area contributed by atoms with Crippen LogP contribution >= 0.6 is 23.4 Å². The van der Waals surface area contributed by atoms with Gasteiger partial charge < -0.3 is 15.0 Å². The number of nitrogens with one attached hydrogen (secondary N) is 2. The molecule has 2 N–H and O–H groups in total. The van der Waals surface area contributed by atoms with Gasteiger partial charge in [0.2, 0.25) is 0 Å². The molecule has 0 atom stereocenters. The summed E-state index contributed by atoms with van der Waals surface area (Å²) < 4.78 is 5.48. The van der Waals surface area contributed by atoms with E-state index >= 15 is 0 Å². The topological polar surface area (TPSA) is 54.1 Å². The molecule has 4 rings (SSSR count). The molecule has 152 valence electrons. The van der Waals surface area contributed by atoms with Crippen molar-refractivity contribution in [2.45, 2.75) is 4.90 Å². The molecule has 0 spiro atoms. The third kappa shape index (κ3) is 4.99. The van der Waals surface area contributed by atoms with Gasteiger partial charge in [-0.3, -0.25) is 4.79 Å². The Hall–Kier alpha value is -2.89. The molecule has 30 heavy (non-hydrogen) atoms. The van der Waals surface area contributed by atoms with Crippen LogP contribution in [0.15, 0.2) is 83.8 Å². The summed E-state index contributed by atoms with van der Waals surface area (Å²) in [6.45, 7) is 0.568. The van der Waals surface area contributed by atoms with Crippen molar-refractivity contribution in [2.24, 2.45) is 0 Å². The number of carbonyl (C=O) groups is 1. The maximum absolute atomic E-state index is 12.0. The molecule has 3 aromatic carbocycles. The van der Waals surface area contributed by atoms with Crippen LogP contribution in [-0.2, 0) is 4.79 Å². The summed E-state index contributed by atoms with van der Waals surface area (Å²) in [4.78, 5) is 16.7. The first-order chi connectivity index (χ1) is 14.7. The van der Waals surface area contributed by atoms with E-state index in [2.05, 4.69) is 22.4 Å². The zero-order valence-electron chi connectivity index (χ0n) is 16.2. The van der Waals surface area contributed by atoms with E-state index in [4.69, 9.17) is 16.3 Å². The lowest BCUT2D eigenvalue weighted by Crippen LogP contribution is -2.30. The molecule has 4 nitrogen and oxygen atoms in total. The molecule has 0 aliphatic rings. The number of benzene rings is 3. The normalized spacial score (nSPS) is 10.8. The van der Waals surface area contributed by atoms with Gasteiger partial charge in [-0.1, -0.05) is 60.1 Å². The first kappa shape index (κ1) is 20.4. The monoisotopic (exact) mass is 436 g/mol. The Kier molecular flexibility index (Phi) is 6.62. The Morgan fingerprint density at radius 3 is 2.50 bits per heavy atom. The Balaban J connectivity index is 1.38. The minimum atomic E-state index is -0.128. The lowest BCUT2D eigenvalue weighted by atomic mass is 10.1. The minimum Gasteiger partial charge on any atom is -0.484 e. The number of amides is 1. The predicted molar refractivity (Wildman–Crippen MR) is 124 cm³/mol. The SMILES string of the molecule is O=C(COc1ccccc1)NCCSc1c(-c2ccc(Cl)cc2)[nH]c2ccccc12. The summed E-state index contributed by atoms with van der Waals surface area (Å²) in [5.41, 5.74) is 3.24. The third-order valence-electron chi connectivity index (χ3n) is 4.58. The Bertz CT molecular complexity index is 1130. The number of para-hydroxylation sites is 2. The van der Waals surface area contributed by atoms with Crippen LogP contribution in [0.3, 0.4) is 0 Å². The number of H-pyrrole nitrogens is 1. The van der Waals surface area contributed by atoms with Gasteiger partial charge in [-0.15, -0.1) is 11.8 Å². The number of aromatic nitrogens is 1. The molecule has 0 fully saturated rings. The number of hydrogen-bond acceptors (Lipinski definition) is 3. The van der Waals surface area contributed by atoms with Gasteiger partial charge in [0.15, 0.2) is 6.61 Å². The van der Waals surface area contributed by atoms with E-state index in [0.29, 0.717) is 17.3 Å². The number of halogens is 1. The standard InChI is InChI=1S/C24H21ClN2O2S/c25-18-12-10-17(11-13-18)23-24(20-8-4-5-9-21(20)27-23)30-15-14-26-22(28)16-29-19-6-2-1-3-7-19/h1-13,27H,14-16H2,(H,26,28). The maximum Gasteiger partial charge on any atom is 0.257 e. The van der Waals surface area contributed by atoms with Crippen LogP contribution in [0, 0.1) is 0 Å². The van der Waals surface area contributed by atoms with Crippen molar-refractivity contribution in [1.29, 1.82) is 0 Å². The second kappa shape index (κ2) is 9.74. The van der Waals surface area contributed by atoms with Crippen LogP contribution in [0.2, 0.25) is 5.02 Å². The van der Waals surface area contributed by atoms with Crippen LogP contribution in [-0.4, -0.2) is 29.8 Å². The summed E-state index contributed by atoms with van der Waals surface area (Å²) in [5.74, 6) is 1.31. The Labute approximate surface area is 184 Å². The highest BCUT2D eigenvalue weighted by molar-refractivity contribution is 7.99. The summed E-state index contributed by atoms with van der Waals surface area (Å²) in [5, 5.41) is 4.80. The highest BCUT2D eigenvalue weighted by Gasteiger charge is 2.13. The predicted octanol–water partition coefficient (Wildman–Crippen LogP) is 5.78. The molecule has 4 aromatic rings. The highest BCUT2D eigenvalue weighted by atomic mass is 35.5. The van der Waals surface area contributed by atoms with Crippen molar-refractivity contribution in [2.75, 3.05) is 18.9 Å². The average molecular weight is 437 g/mol. The molecule has 1 heterocycles. The molecular formula is C24H21ClN2O2S. The molecule has 0 saturated carbocycles. The Morgan fingerprint density at radius 1 is 0.967 bits per heavy atom. The number of rotatable bonds is 8. The summed E-state index contributed by atoms with van der Waals surface area (Å²) in [7, 11) is 0. The van der Waals surface area contributed by atoms with Gasteiger partial charge in [0.25, 0.3) is 5.91 Å². The number of aromatic amines is 1. The number of ether oxygens (including phenoxy) is 1. The number of thioether (sulfide) groups is 1. The molecule has 1 amide bonds. The lowest BCUT2D eigenvalue weighted by Gasteiger charge is -2.08. The second-order valence-electron chi connectivity index (χ2n) is 6.68. The van der Waals surface area contributed by atoms with E-state index in [1.807, 2.05) is 66.7 Å². The molecule has 0 aliphatic carbocycles. The fourth-order valence-electron chi connectivity index (χ4n) is 3.15. The molecule has 0 bridgehead atoms. The van der Waals surface area contributed by atoms with Crippen LogP contribution in [0.25, 0.3) is 22.2 Å². The quantitative estimate of drug-likeness (QED) is 0.272. The molecule has 0 radical (unpaired) electrons. The highest BCUT2D eigenvalue weighted by Crippen LogP contribution is 2.37. The number of hydrogen-bond donors (Lipinski definition) is 2. The van der Waals surface area contributed by atoms with Gasteiger partial charge in [-0.05, 0) is 35.9 Å². The van der Waals surface area contributed by atoms with Crippen LogP contribution in [0.1, 0.15) is 0 Å². The lowest BCUT2D eigenvalue weighted by molar-refractivity contribution is -0.122. The van der Waals surface area contributed by atoms with Gasteiger partial charge in [-0.2, -0.15) is 0 Å². The molecule has 1 aromatic heterocycles. The van der Waals surface area contributed by atoms with Gasteiger partial charge in [-0.25, -0.2) is 0 Å². The van der Waals surface area contributed by atoms with Gasteiger partial charge in [0.1, 0.15) is 5.75 Å². The molecule has 0 unspecified atom stereocenters. The van der Waals surface area contributed by atoms with Crippen LogP contribution in [0.4, 0.5) is 0 Å². The van der Waals surface area contributed by atoms with Crippen molar-refractivity contribution in [3.63, 3.8) is 0 Å². The summed E-state index contributed by atoms with van der Waals surface area (Å²) >= 11 is 7.77. The first-order valence-electron chi connectivity index (χ1n) is 9.65. The van der Waals surface area contributed by atoms with Crippen molar-refractivity contribution < 1.29 is 9.53 Å². The Morgan fingerprint density at radius 2 is 1.70 bits per heavy atom. The van der Waals surface area contributed by atoms with Gasteiger partial charge >= 0.3 is 0 Å². The summed E-state index contributed by atoms with van der Waals surface area (Å²) in [6, 6.07) is 25.4. The smallest absolute Gasteiger partial charge is 0.257 e. The van der Waals surface area contributed by atoms with Crippen LogP contribution in [0.5, 0.6) is 5.75 Å². The van der Waals surface area contributed by atoms with Crippen molar-refractivity contribution in [1.82, 2.24) is 10.3 Å². The van der Waals surface area contributed by atoms with Crippen molar-refractivity contribution in [3.8, 4) is 17.0 Å². The van der Waals surface area contributed by atoms with Gasteiger partial charge in [0, 0.05) is 33.1 Å².